The van der Waals surface area contributed by atoms with E-state index in [1.807, 2.05) is 0 Å². The highest BCUT2D eigenvalue weighted by Gasteiger charge is 2.27. The van der Waals surface area contributed by atoms with Gasteiger partial charge in [-0.15, -0.1) is 0 Å². The lowest BCUT2D eigenvalue weighted by molar-refractivity contribution is 0.0973. The molecule has 0 aromatic heterocycles. The molecule has 0 saturated carbocycles. The second-order valence-electron chi connectivity index (χ2n) is 5.66. The molecule has 1 fully saturated rings. The lowest BCUT2D eigenvalue weighted by Crippen LogP contribution is -2.58. The molecule has 2 rings (SSSR count). The summed E-state index contributed by atoms with van der Waals surface area (Å²) < 4.78 is 0. The van der Waals surface area contributed by atoms with Gasteiger partial charge in [0.2, 0.25) is 0 Å². The van der Waals surface area contributed by atoms with Gasteiger partial charge in [-0.1, -0.05) is 29.8 Å². The van der Waals surface area contributed by atoms with Crippen molar-refractivity contribution in [1.29, 1.82) is 0 Å². The molecule has 1 saturated heterocycles. The molecular weight excluding hydrogens is 222 g/mol. The fourth-order valence-electron chi connectivity index (χ4n) is 2.64. The molecule has 3 heteroatoms. The largest absolute Gasteiger partial charge is 0.326 e. The maximum atomic E-state index is 6.40. The summed E-state index contributed by atoms with van der Waals surface area (Å²) in [6, 6.07) is 9.39. The third-order valence-corrected chi connectivity index (χ3v) is 3.99. The van der Waals surface area contributed by atoms with Crippen LogP contribution in [0.15, 0.2) is 24.3 Å². The van der Waals surface area contributed by atoms with Gasteiger partial charge in [0, 0.05) is 31.7 Å². The molecule has 1 heterocycles. The van der Waals surface area contributed by atoms with E-state index in [9.17, 15) is 0 Å². The molecule has 0 bridgehead atoms. The Morgan fingerprint density at radius 1 is 1.22 bits per heavy atom. The van der Waals surface area contributed by atoms with Gasteiger partial charge in [-0.3, -0.25) is 4.90 Å². The van der Waals surface area contributed by atoms with Gasteiger partial charge >= 0.3 is 0 Å². The lowest BCUT2D eigenvalue weighted by atomic mass is 9.97. The quantitative estimate of drug-likeness (QED) is 0.868. The van der Waals surface area contributed by atoms with Gasteiger partial charge in [0.1, 0.15) is 0 Å². The first kappa shape index (κ1) is 13.5. The molecule has 3 nitrogen and oxygen atoms in total. The van der Waals surface area contributed by atoms with Gasteiger partial charge in [-0.25, -0.2) is 0 Å². The Morgan fingerprint density at radius 2 is 1.89 bits per heavy atom. The number of rotatable bonds is 3. The third kappa shape index (κ3) is 3.31. The molecule has 0 spiro atoms. The van der Waals surface area contributed by atoms with Crippen LogP contribution < -0.4 is 5.73 Å². The van der Waals surface area contributed by atoms with Crippen LogP contribution in [0.5, 0.6) is 0 Å². The van der Waals surface area contributed by atoms with Crippen molar-refractivity contribution >= 4 is 0 Å². The van der Waals surface area contributed by atoms with E-state index in [1.165, 1.54) is 11.1 Å². The summed E-state index contributed by atoms with van der Waals surface area (Å²) in [4.78, 5) is 4.78. The summed E-state index contributed by atoms with van der Waals surface area (Å²) in [5.41, 5.74) is 9.05. The summed E-state index contributed by atoms with van der Waals surface area (Å²) in [5, 5.41) is 0. The highest BCUT2D eigenvalue weighted by atomic mass is 15.3. The number of hydrogen-bond donors (Lipinski definition) is 1. The highest BCUT2D eigenvalue weighted by Crippen LogP contribution is 2.13. The molecule has 1 aliphatic rings. The SMILES string of the molecule is Cc1ccc(CC(N)C2CN(C)CCN2C)cc1. The zero-order valence-electron chi connectivity index (χ0n) is 11.8. The van der Waals surface area contributed by atoms with Crippen molar-refractivity contribution in [3.05, 3.63) is 35.4 Å². The van der Waals surface area contributed by atoms with E-state index in [-0.39, 0.29) is 6.04 Å². The molecule has 18 heavy (non-hydrogen) atoms. The van der Waals surface area contributed by atoms with Crippen molar-refractivity contribution in [2.75, 3.05) is 33.7 Å². The van der Waals surface area contributed by atoms with Crippen LogP contribution in [0.1, 0.15) is 11.1 Å². The van der Waals surface area contributed by atoms with Crippen molar-refractivity contribution in [3.63, 3.8) is 0 Å². The first-order valence-electron chi connectivity index (χ1n) is 6.76. The number of piperazine rings is 1. The predicted molar refractivity (Wildman–Crippen MR) is 76.8 cm³/mol. The first-order valence-corrected chi connectivity index (χ1v) is 6.76. The minimum atomic E-state index is 0.209. The Kier molecular flexibility index (Phi) is 4.38. The summed E-state index contributed by atoms with van der Waals surface area (Å²) >= 11 is 0. The molecule has 1 aromatic rings. The summed E-state index contributed by atoms with van der Waals surface area (Å²) in [5.74, 6) is 0. The van der Waals surface area contributed by atoms with Crippen LogP contribution in [0.25, 0.3) is 0 Å². The van der Waals surface area contributed by atoms with Crippen LogP contribution in [-0.2, 0) is 6.42 Å². The Labute approximate surface area is 111 Å². The van der Waals surface area contributed by atoms with E-state index in [4.69, 9.17) is 5.73 Å². The fraction of sp³-hybridized carbons (Fsp3) is 0.600. The second-order valence-corrected chi connectivity index (χ2v) is 5.66. The number of nitrogens with zero attached hydrogens (tertiary/aromatic N) is 2. The monoisotopic (exact) mass is 247 g/mol. The Hall–Kier alpha value is -0.900. The maximum Gasteiger partial charge on any atom is 0.0375 e. The van der Waals surface area contributed by atoms with E-state index in [1.54, 1.807) is 0 Å². The molecule has 100 valence electrons. The summed E-state index contributed by atoms with van der Waals surface area (Å²) in [6.45, 7) is 5.45. The van der Waals surface area contributed by atoms with E-state index in [0.29, 0.717) is 6.04 Å². The molecule has 2 N–H and O–H groups in total. The van der Waals surface area contributed by atoms with E-state index < -0.39 is 0 Å². The van der Waals surface area contributed by atoms with Crippen molar-refractivity contribution in [1.82, 2.24) is 9.80 Å². The summed E-state index contributed by atoms with van der Waals surface area (Å²) in [7, 11) is 4.37. The van der Waals surface area contributed by atoms with Crippen LogP contribution in [0.3, 0.4) is 0 Å². The van der Waals surface area contributed by atoms with E-state index in [0.717, 1.165) is 26.1 Å². The molecule has 0 radical (unpaired) electrons. The molecule has 2 unspecified atom stereocenters. The second kappa shape index (κ2) is 5.83. The zero-order valence-corrected chi connectivity index (χ0v) is 11.8. The molecule has 1 aromatic carbocycles. The van der Waals surface area contributed by atoms with Crippen molar-refractivity contribution in [2.24, 2.45) is 5.73 Å². The van der Waals surface area contributed by atoms with Gasteiger partial charge in [-0.05, 0) is 33.0 Å². The number of aryl methyl sites for hydroxylation is 1. The van der Waals surface area contributed by atoms with E-state index >= 15 is 0 Å². The van der Waals surface area contributed by atoms with Crippen LogP contribution in [0.4, 0.5) is 0 Å². The van der Waals surface area contributed by atoms with Gasteiger partial charge in [-0.2, -0.15) is 0 Å². The topological polar surface area (TPSA) is 32.5 Å². The molecule has 2 atom stereocenters. The summed E-state index contributed by atoms with van der Waals surface area (Å²) in [6.07, 6.45) is 0.961. The van der Waals surface area contributed by atoms with Gasteiger partial charge in [0.05, 0.1) is 0 Å². The Balaban J connectivity index is 1.98. The minimum Gasteiger partial charge on any atom is -0.326 e. The predicted octanol–water partition coefficient (Wildman–Crippen LogP) is 1.11. The van der Waals surface area contributed by atoms with E-state index in [2.05, 4.69) is 55.1 Å². The lowest BCUT2D eigenvalue weighted by Gasteiger charge is -2.40. The third-order valence-electron chi connectivity index (χ3n) is 3.99. The van der Waals surface area contributed by atoms with Crippen LogP contribution in [0.2, 0.25) is 0 Å². The van der Waals surface area contributed by atoms with Crippen LogP contribution >= 0.6 is 0 Å². The first-order chi connectivity index (χ1) is 8.56. The Morgan fingerprint density at radius 3 is 2.56 bits per heavy atom. The van der Waals surface area contributed by atoms with Crippen molar-refractivity contribution in [2.45, 2.75) is 25.4 Å². The smallest absolute Gasteiger partial charge is 0.0375 e. The number of likely N-dealkylation sites (N-methyl/N-ethyl adjacent to an activating group) is 2. The molecule has 0 amide bonds. The molecular formula is C15H25N3. The van der Waals surface area contributed by atoms with Gasteiger partial charge in [0.25, 0.3) is 0 Å². The van der Waals surface area contributed by atoms with Crippen molar-refractivity contribution < 1.29 is 0 Å². The standard InChI is InChI=1S/C15H25N3/c1-12-4-6-13(7-5-12)10-14(16)15-11-17(2)8-9-18(15)3/h4-7,14-15H,8-11,16H2,1-3H3. The van der Waals surface area contributed by atoms with Gasteiger partial charge in [0.15, 0.2) is 0 Å². The molecule has 0 aliphatic carbocycles. The fourth-order valence-corrected chi connectivity index (χ4v) is 2.64. The van der Waals surface area contributed by atoms with Crippen LogP contribution in [-0.4, -0.2) is 55.6 Å². The average Bonchev–Trinajstić information content (AvgIpc) is 2.35. The number of benzene rings is 1. The normalized spacial score (nSPS) is 24.1. The van der Waals surface area contributed by atoms with Crippen LogP contribution in [0, 0.1) is 6.92 Å². The van der Waals surface area contributed by atoms with Gasteiger partial charge < -0.3 is 10.6 Å². The molecule has 1 aliphatic heterocycles. The minimum absolute atomic E-state index is 0.209. The maximum absolute atomic E-state index is 6.40. The zero-order chi connectivity index (χ0) is 13.1. The highest BCUT2D eigenvalue weighted by molar-refractivity contribution is 5.22. The number of nitrogens with two attached hydrogens (primary N) is 1. The average molecular weight is 247 g/mol. The Bertz CT molecular complexity index is 374. The number of hydrogen-bond acceptors (Lipinski definition) is 3. The van der Waals surface area contributed by atoms with Crippen molar-refractivity contribution in [3.8, 4) is 0 Å².